The van der Waals surface area contributed by atoms with E-state index >= 15 is 0 Å². The van der Waals surface area contributed by atoms with E-state index in [1.165, 1.54) is 16.1 Å². The van der Waals surface area contributed by atoms with Gasteiger partial charge in [0.15, 0.2) is 0 Å². The minimum atomic E-state index is 0.0458. The average Bonchev–Trinajstić information content (AvgIpc) is 3.40. The molecule has 0 radical (unpaired) electrons. The van der Waals surface area contributed by atoms with E-state index in [9.17, 15) is 0 Å². The van der Waals surface area contributed by atoms with Gasteiger partial charge in [0.25, 0.3) is 0 Å². The molecule has 5 rings (SSSR count). The highest BCUT2D eigenvalue weighted by molar-refractivity contribution is 7.15. The zero-order valence-electron chi connectivity index (χ0n) is 16.8. The predicted octanol–water partition coefficient (Wildman–Crippen LogP) is 5.95. The normalized spacial score (nSPS) is 16.9. The Balaban J connectivity index is 1.48. The van der Waals surface area contributed by atoms with Crippen LogP contribution in [-0.4, -0.2) is 14.8 Å². The van der Waals surface area contributed by atoms with Gasteiger partial charge in [-0.05, 0) is 43.0 Å². The summed E-state index contributed by atoms with van der Waals surface area (Å²) in [4.78, 5) is 6.32. The molecule has 0 saturated heterocycles. The summed E-state index contributed by atoms with van der Waals surface area (Å²) < 4.78 is 1.87. The first-order valence-electron chi connectivity index (χ1n) is 10.2. The summed E-state index contributed by atoms with van der Waals surface area (Å²) in [7, 11) is 1.96. The van der Waals surface area contributed by atoms with Crippen LogP contribution in [0.5, 0.6) is 0 Å². The van der Waals surface area contributed by atoms with E-state index in [0.717, 1.165) is 40.6 Å². The van der Waals surface area contributed by atoms with Crippen molar-refractivity contribution in [3.8, 4) is 10.6 Å². The molecule has 2 atom stereocenters. The van der Waals surface area contributed by atoms with Gasteiger partial charge in [-0.25, -0.2) is 4.98 Å². The quantitative estimate of drug-likeness (QED) is 0.421. The average molecular weight is 435 g/mol. The molecule has 0 saturated carbocycles. The number of aromatic nitrogens is 3. The summed E-state index contributed by atoms with van der Waals surface area (Å²) in [5.41, 5.74) is 4.62. The summed E-state index contributed by atoms with van der Waals surface area (Å²) >= 11 is 7.86. The third-order valence-corrected chi connectivity index (χ3v) is 7.08. The molecule has 2 unspecified atom stereocenters. The van der Waals surface area contributed by atoms with Crippen LogP contribution >= 0.6 is 22.9 Å². The molecule has 2 aromatic carbocycles. The standard InChI is InChI=1S/C24H23ClN4S/c1-29-15-14-19(28-29)22(16-6-3-2-4-7-16)26-20-8-5-9-21-23(20)30-24(27-21)17-10-12-18(25)13-11-17/h2-4,6-7,10-15,20,22,26H,5,8-9H2,1H3. The van der Waals surface area contributed by atoms with Crippen LogP contribution in [0.2, 0.25) is 5.02 Å². The zero-order chi connectivity index (χ0) is 20.5. The molecule has 0 spiro atoms. The Labute approximate surface area is 185 Å². The van der Waals surface area contributed by atoms with Gasteiger partial charge in [0, 0.05) is 34.7 Å². The van der Waals surface area contributed by atoms with Gasteiger partial charge < -0.3 is 0 Å². The first-order valence-corrected chi connectivity index (χ1v) is 11.4. The highest BCUT2D eigenvalue weighted by Crippen LogP contribution is 2.39. The van der Waals surface area contributed by atoms with Crippen LogP contribution in [0.3, 0.4) is 0 Å². The van der Waals surface area contributed by atoms with E-state index in [-0.39, 0.29) is 12.1 Å². The minimum Gasteiger partial charge on any atom is -0.297 e. The molecule has 1 aliphatic carbocycles. The molecule has 0 fully saturated rings. The van der Waals surface area contributed by atoms with Crippen molar-refractivity contribution in [3.05, 3.63) is 93.7 Å². The van der Waals surface area contributed by atoms with Crippen molar-refractivity contribution in [2.45, 2.75) is 31.3 Å². The van der Waals surface area contributed by atoms with Crippen LogP contribution < -0.4 is 5.32 Å². The molecule has 6 heteroatoms. The van der Waals surface area contributed by atoms with Crippen molar-refractivity contribution in [1.82, 2.24) is 20.1 Å². The lowest BCUT2D eigenvalue weighted by atomic mass is 9.95. The van der Waals surface area contributed by atoms with Crippen molar-refractivity contribution < 1.29 is 0 Å². The topological polar surface area (TPSA) is 42.7 Å². The summed E-state index contributed by atoms with van der Waals surface area (Å²) in [6, 6.07) is 20.9. The van der Waals surface area contributed by atoms with Gasteiger partial charge in [-0.1, -0.05) is 54.1 Å². The molecule has 0 amide bonds. The number of hydrogen-bond donors (Lipinski definition) is 1. The largest absolute Gasteiger partial charge is 0.297 e. The monoisotopic (exact) mass is 434 g/mol. The molecule has 152 valence electrons. The Hall–Kier alpha value is -2.47. The Kier molecular flexibility index (Phi) is 5.42. The summed E-state index contributed by atoms with van der Waals surface area (Å²) in [6.45, 7) is 0. The fourth-order valence-corrected chi connectivity index (χ4v) is 5.42. The lowest BCUT2D eigenvalue weighted by Gasteiger charge is -2.27. The van der Waals surface area contributed by atoms with Crippen LogP contribution in [0, 0.1) is 0 Å². The number of nitrogens with zero attached hydrogens (tertiary/aromatic N) is 3. The Morgan fingerprint density at radius 2 is 1.90 bits per heavy atom. The van der Waals surface area contributed by atoms with Crippen molar-refractivity contribution >= 4 is 22.9 Å². The van der Waals surface area contributed by atoms with Gasteiger partial charge in [-0.3, -0.25) is 10.00 Å². The third kappa shape index (κ3) is 3.93. The second-order valence-corrected chi connectivity index (χ2v) is 9.17. The molecular formula is C24H23ClN4S. The van der Waals surface area contributed by atoms with E-state index in [1.807, 2.05) is 30.1 Å². The number of nitrogens with one attached hydrogen (secondary N) is 1. The van der Waals surface area contributed by atoms with Crippen molar-refractivity contribution in [3.63, 3.8) is 0 Å². The number of benzene rings is 2. The fourth-order valence-electron chi connectivity index (χ4n) is 4.08. The number of aryl methyl sites for hydroxylation is 2. The third-order valence-electron chi connectivity index (χ3n) is 5.57. The van der Waals surface area contributed by atoms with Crippen LogP contribution in [-0.2, 0) is 13.5 Å². The van der Waals surface area contributed by atoms with E-state index in [0.29, 0.717) is 0 Å². The molecule has 4 nitrogen and oxygen atoms in total. The number of hydrogen-bond acceptors (Lipinski definition) is 4. The van der Waals surface area contributed by atoms with Crippen LogP contribution in [0.15, 0.2) is 66.9 Å². The maximum atomic E-state index is 6.06. The lowest BCUT2D eigenvalue weighted by Crippen LogP contribution is -2.29. The second-order valence-electron chi connectivity index (χ2n) is 7.71. The van der Waals surface area contributed by atoms with Gasteiger partial charge in [0.2, 0.25) is 0 Å². The summed E-state index contributed by atoms with van der Waals surface area (Å²) in [6.07, 6.45) is 5.28. The number of halogens is 1. The van der Waals surface area contributed by atoms with Crippen molar-refractivity contribution in [2.75, 3.05) is 0 Å². The molecule has 2 heterocycles. The number of rotatable bonds is 5. The first kappa shape index (κ1) is 19.5. The maximum absolute atomic E-state index is 6.06. The first-order chi connectivity index (χ1) is 14.7. The Morgan fingerprint density at radius 3 is 2.63 bits per heavy atom. The van der Waals surface area contributed by atoms with Gasteiger partial charge in [-0.15, -0.1) is 11.3 Å². The van der Waals surface area contributed by atoms with E-state index in [1.54, 1.807) is 11.3 Å². The molecule has 1 N–H and O–H groups in total. The van der Waals surface area contributed by atoms with Crippen LogP contribution in [0.1, 0.15) is 46.8 Å². The SMILES string of the molecule is Cn1ccc(C(NC2CCCc3nc(-c4ccc(Cl)cc4)sc32)c2ccccc2)n1. The molecule has 0 aliphatic heterocycles. The Morgan fingerprint density at radius 1 is 1.10 bits per heavy atom. The van der Waals surface area contributed by atoms with Gasteiger partial charge >= 0.3 is 0 Å². The van der Waals surface area contributed by atoms with Crippen LogP contribution in [0.25, 0.3) is 10.6 Å². The van der Waals surface area contributed by atoms with Crippen LogP contribution in [0.4, 0.5) is 0 Å². The number of fused-ring (bicyclic) bond motifs is 1. The molecule has 1 aliphatic rings. The minimum absolute atomic E-state index is 0.0458. The van der Waals surface area contributed by atoms with Crippen molar-refractivity contribution in [1.29, 1.82) is 0 Å². The lowest BCUT2D eigenvalue weighted by molar-refractivity contribution is 0.426. The maximum Gasteiger partial charge on any atom is 0.123 e. The van der Waals surface area contributed by atoms with Gasteiger partial charge in [0.1, 0.15) is 5.01 Å². The predicted molar refractivity (Wildman–Crippen MR) is 123 cm³/mol. The van der Waals surface area contributed by atoms with E-state index in [2.05, 4.69) is 53.8 Å². The smallest absolute Gasteiger partial charge is 0.123 e. The fraction of sp³-hybridized carbons (Fsp3) is 0.250. The zero-order valence-corrected chi connectivity index (χ0v) is 18.3. The van der Waals surface area contributed by atoms with Gasteiger partial charge in [0.05, 0.1) is 17.4 Å². The van der Waals surface area contributed by atoms with Crippen molar-refractivity contribution in [2.24, 2.45) is 7.05 Å². The van der Waals surface area contributed by atoms with Gasteiger partial charge in [-0.2, -0.15) is 5.10 Å². The molecule has 4 aromatic rings. The van der Waals surface area contributed by atoms with E-state index in [4.69, 9.17) is 21.7 Å². The number of thiazole rings is 1. The molecule has 30 heavy (non-hydrogen) atoms. The molecular weight excluding hydrogens is 412 g/mol. The summed E-state index contributed by atoms with van der Waals surface area (Å²) in [5.74, 6) is 0. The molecule has 2 aromatic heterocycles. The molecule has 0 bridgehead atoms. The summed E-state index contributed by atoms with van der Waals surface area (Å²) in [5, 5.41) is 10.4. The highest BCUT2D eigenvalue weighted by Gasteiger charge is 2.28. The Bertz CT molecular complexity index is 1130. The van der Waals surface area contributed by atoms with E-state index < -0.39 is 0 Å². The second kappa shape index (κ2) is 8.34. The highest BCUT2D eigenvalue weighted by atomic mass is 35.5.